The van der Waals surface area contributed by atoms with Gasteiger partial charge < -0.3 is 19.9 Å². The minimum absolute atomic E-state index is 0.148. The van der Waals surface area contributed by atoms with Crippen LogP contribution >= 0.6 is 11.6 Å². The Morgan fingerprint density at radius 1 is 1.35 bits per heavy atom. The highest BCUT2D eigenvalue weighted by molar-refractivity contribution is 6.32. The highest BCUT2D eigenvalue weighted by Gasteiger charge is 2.22. The molecule has 0 aliphatic rings. The maximum atomic E-state index is 12.3. The van der Waals surface area contributed by atoms with Gasteiger partial charge in [-0.25, -0.2) is 9.78 Å². The van der Waals surface area contributed by atoms with Crippen LogP contribution in [0.5, 0.6) is 5.88 Å². The number of halogens is 1. The van der Waals surface area contributed by atoms with Gasteiger partial charge in [-0.3, -0.25) is 4.79 Å². The summed E-state index contributed by atoms with van der Waals surface area (Å²) in [6.07, 6.45) is 1.45. The van der Waals surface area contributed by atoms with E-state index in [2.05, 4.69) is 10.3 Å². The highest BCUT2D eigenvalue weighted by Crippen LogP contribution is 2.23. The van der Waals surface area contributed by atoms with E-state index in [-0.39, 0.29) is 35.1 Å². The molecule has 1 aromatic rings. The molecule has 1 unspecified atom stereocenters. The molecular weight excluding hydrogens is 360 g/mol. The van der Waals surface area contributed by atoms with Gasteiger partial charge in [0.05, 0.1) is 17.8 Å². The number of hydrogen-bond donors (Lipinski definition) is 2. The molecule has 0 bridgehead atoms. The molecule has 1 amide bonds. The van der Waals surface area contributed by atoms with Gasteiger partial charge in [-0.05, 0) is 32.8 Å². The third-order valence-electron chi connectivity index (χ3n) is 3.17. The Morgan fingerprint density at radius 2 is 2.00 bits per heavy atom. The standard InChI is InChI=1S/C18H27ClN2O5/c1-11(2)10-25-16-13(19)8-12(9-20-16)15(22)21-14(17(23)24)6-7-26-18(3,4)5/h8-9,11,14H,6-7,10H2,1-5H3,(H,21,22)(H,23,24). The second kappa shape index (κ2) is 9.73. The van der Waals surface area contributed by atoms with E-state index in [0.717, 1.165) is 0 Å². The van der Waals surface area contributed by atoms with Gasteiger partial charge in [-0.1, -0.05) is 25.4 Å². The van der Waals surface area contributed by atoms with Gasteiger partial charge in [-0.15, -0.1) is 0 Å². The first-order valence-corrected chi connectivity index (χ1v) is 8.83. The Kier molecular flexibility index (Phi) is 8.30. The van der Waals surface area contributed by atoms with Crippen LogP contribution in [0.15, 0.2) is 12.3 Å². The smallest absolute Gasteiger partial charge is 0.326 e. The van der Waals surface area contributed by atoms with Crippen LogP contribution in [-0.2, 0) is 9.53 Å². The van der Waals surface area contributed by atoms with Crippen LogP contribution < -0.4 is 10.1 Å². The molecule has 1 aromatic heterocycles. The molecule has 0 radical (unpaired) electrons. The highest BCUT2D eigenvalue weighted by atomic mass is 35.5. The number of rotatable bonds is 9. The summed E-state index contributed by atoms with van der Waals surface area (Å²) in [7, 11) is 0. The number of ether oxygens (including phenoxy) is 2. The molecule has 1 rings (SSSR count). The summed E-state index contributed by atoms with van der Waals surface area (Å²) in [6, 6.07) is 0.338. The topological polar surface area (TPSA) is 97.8 Å². The van der Waals surface area contributed by atoms with Gasteiger partial charge in [0.1, 0.15) is 11.1 Å². The fourth-order valence-corrected chi connectivity index (χ4v) is 2.10. The van der Waals surface area contributed by atoms with Crippen molar-refractivity contribution in [1.82, 2.24) is 10.3 Å². The quantitative estimate of drug-likeness (QED) is 0.676. The van der Waals surface area contributed by atoms with Crippen LogP contribution in [-0.4, -0.2) is 46.8 Å². The number of nitrogens with one attached hydrogen (secondary N) is 1. The molecule has 0 aliphatic heterocycles. The second-order valence-electron chi connectivity index (χ2n) is 7.33. The fraction of sp³-hybridized carbons (Fsp3) is 0.611. The Hall–Kier alpha value is -1.86. The molecule has 0 aromatic carbocycles. The summed E-state index contributed by atoms with van der Waals surface area (Å²) in [4.78, 5) is 27.7. The first kappa shape index (κ1) is 22.2. The average Bonchev–Trinajstić information content (AvgIpc) is 2.51. The number of amides is 1. The lowest BCUT2D eigenvalue weighted by atomic mass is 10.1. The van der Waals surface area contributed by atoms with Crippen molar-refractivity contribution in [2.24, 2.45) is 5.92 Å². The van der Waals surface area contributed by atoms with E-state index < -0.39 is 17.9 Å². The molecular formula is C18H27ClN2O5. The Labute approximate surface area is 159 Å². The lowest BCUT2D eigenvalue weighted by Crippen LogP contribution is -2.42. The normalized spacial score (nSPS) is 12.7. The molecule has 0 fully saturated rings. The van der Waals surface area contributed by atoms with Crippen LogP contribution in [0.3, 0.4) is 0 Å². The number of pyridine rings is 1. The monoisotopic (exact) mass is 386 g/mol. The van der Waals surface area contributed by atoms with E-state index in [1.807, 2.05) is 34.6 Å². The van der Waals surface area contributed by atoms with E-state index in [1.54, 1.807) is 0 Å². The molecule has 0 aliphatic carbocycles. The van der Waals surface area contributed by atoms with Crippen LogP contribution in [0.1, 0.15) is 51.4 Å². The van der Waals surface area contributed by atoms with Gasteiger partial charge in [-0.2, -0.15) is 0 Å². The van der Waals surface area contributed by atoms with Crippen molar-refractivity contribution in [2.45, 2.75) is 52.7 Å². The summed E-state index contributed by atoms with van der Waals surface area (Å²) in [5, 5.41) is 11.9. The first-order chi connectivity index (χ1) is 12.0. The van der Waals surface area contributed by atoms with Crippen molar-refractivity contribution < 1.29 is 24.2 Å². The van der Waals surface area contributed by atoms with E-state index in [9.17, 15) is 14.7 Å². The van der Waals surface area contributed by atoms with Crippen LogP contribution in [0.4, 0.5) is 0 Å². The molecule has 7 nitrogen and oxygen atoms in total. The Morgan fingerprint density at radius 3 is 2.50 bits per heavy atom. The van der Waals surface area contributed by atoms with Crippen molar-refractivity contribution in [3.8, 4) is 5.88 Å². The molecule has 1 heterocycles. The summed E-state index contributed by atoms with van der Waals surface area (Å²) in [6.45, 7) is 10.3. The Balaban J connectivity index is 2.71. The maximum absolute atomic E-state index is 12.3. The van der Waals surface area contributed by atoms with Gasteiger partial charge in [0.25, 0.3) is 5.91 Å². The maximum Gasteiger partial charge on any atom is 0.326 e. The van der Waals surface area contributed by atoms with E-state index in [0.29, 0.717) is 12.5 Å². The second-order valence-corrected chi connectivity index (χ2v) is 7.74. The number of aliphatic carboxylic acids is 1. The zero-order chi connectivity index (χ0) is 19.9. The zero-order valence-electron chi connectivity index (χ0n) is 15.8. The SMILES string of the molecule is CC(C)COc1ncc(C(=O)NC(CCOC(C)(C)C)C(=O)O)cc1Cl. The molecule has 0 saturated carbocycles. The van der Waals surface area contributed by atoms with E-state index in [1.165, 1.54) is 12.3 Å². The van der Waals surface area contributed by atoms with Gasteiger partial charge in [0.15, 0.2) is 0 Å². The van der Waals surface area contributed by atoms with Crippen molar-refractivity contribution in [2.75, 3.05) is 13.2 Å². The van der Waals surface area contributed by atoms with Crippen molar-refractivity contribution in [3.63, 3.8) is 0 Å². The number of carboxylic acids is 1. The number of nitrogens with zero attached hydrogens (tertiary/aromatic N) is 1. The molecule has 0 spiro atoms. The van der Waals surface area contributed by atoms with Crippen molar-refractivity contribution in [3.05, 3.63) is 22.8 Å². The summed E-state index contributed by atoms with van der Waals surface area (Å²) >= 11 is 6.09. The molecule has 1 atom stereocenters. The number of hydrogen-bond acceptors (Lipinski definition) is 5. The summed E-state index contributed by atoms with van der Waals surface area (Å²) < 4.78 is 11.0. The summed E-state index contributed by atoms with van der Waals surface area (Å²) in [5.41, 5.74) is -0.217. The van der Waals surface area contributed by atoms with Gasteiger partial charge >= 0.3 is 5.97 Å². The largest absolute Gasteiger partial charge is 0.480 e. The number of carboxylic acid groups (broad SMARTS) is 1. The predicted molar refractivity (Wildman–Crippen MR) is 98.8 cm³/mol. The predicted octanol–water partition coefficient (Wildman–Crippen LogP) is 3.16. The minimum atomic E-state index is -1.13. The van der Waals surface area contributed by atoms with Crippen LogP contribution in [0.2, 0.25) is 5.02 Å². The van der Waals surface area contributed by atoms with Gasteiger partial charge in [0, 0.05) is 19.2 Å². The molecule has 2 N–H and O–H groups in total. The van der Waals surface area contributed by atoms with Gasteiger partial charge in [0.2, 0.25) is 5.88 Å². The fourth-order valence-electron chi connectivity index (χ4n) is 1.88. The minimum Gasteiger partial charge on any atom is -0.480 e. The lowest BCUT2D eigenvalue weighted by molar-refractivity contribution is -0.140. The van der Waals surface area contributed by atoms with Crippen molar-refractivity contribution >= 4 is 23.5 Å². The van der Waals surface area contributed by atoms with E-state index in [4.69, 9.17) is 21.1 Å². The molecule has 26 heavy (non-hydrogen) atoms. The van der Waals surface area contributed by atoms with Crippen molar-refractivity contribution in [1.29, 1.82) is 0 Å². The van der Waals surface area contributed by atoms with Crippen LogP contribution in [0.25, 0.3) is 0 Å². The third-order valence-corrected chi connectivity index (χ3v) is 3.44. The van der Waals surface area contributed by atoms with Crippen LogP contribution in [0, 0.1) is 5.92 Å². The lowest BCUT2D eigenvalue weighted by Gasteiger charge is -2.21. The summed E-state index contributed by atoms with van der Waals surface area (Å²) in [5.74, 6) is -1.16. The van der Waals surface area contributed by atoms with E-state index >= 15 is 0 Å². The first-order valence-electron chi connectivity index (χ1n) is 8.45. The molecule has 146 valence electrons. The third kappa shape index (κ3) is 8.01. The number of carbonyl (C=O) groups excluding carboxylic acids is 1. The number of carbonyl (C=O) groups is 2. The Bertz CT molecular complexity index is 628. The zero-order valence-corrected chi connectivity index (χ0v) is 16.6. The average molecular weight is 387 g/mol. The molecule has 8 heteroatoms. The number of aromatic nitrogens is 1. The molecule has 0 saturated heterocycles.